The van der Waals surface area contributed by atoms with E-state index in [0.29, 0.717) is 5.75 Å². The number of methoxy groups -OCH3 is 1. The van der Waals surface area contributed by atoms with E-state index in [9.17, 15) is 4.79 Å². The van der Waals surface area contributed by atoms with Crippen LogP contribution in [0.3, 0.4) is 0 Å². The molecule has 0 unspecified atom stereocenters. The van der Waals surface area contributed by atoms with Crippen molar-refractivity contribution in [2.24, 2.45) is 0 Å². The molecule has 27 heavy (non-hydrogen) atoms. The predicted octanol–water partition coefficient (Wildman–Crippen LogP) is 4.74. The fourth-order valence-electron chi connectivity index (χ4n) is 2.68. The molecule has 0 saturated carbocycles. The summed E-state index contributed by atoms with van der Waals surface area (Å²) in [6.07, 6.45) is 0. The molecule has 0 heterocycles. The Morgan fingerprint density at radius 2 is 1.48 bits per heavy atom. The van der Waals surface area contributed by atoms with Crippen molar-refractivity contribution in [3.05, 3.63) is 94.5 Å². The largest absolute Gasteiger partial charge is 0.497 e. The second kappa shape index (κ2) is 9.24. The quantitative estimate of drug-likeness (QED) is 0.594. The Bertz CT molecular complexity index is 864. The number of ether oxygens (including phenoxy) is 2. The van der Waals surface area contributed by atoms with Gasteiger partial charge < -0.3 is 14.8 Å². The van der Waals surface area contributed by atoms with E-state index in [2.05, 4.69) is 21.2 Å². The van der Waals surface area contributed by atoms with E-state index < -0.39 is 0 Å². The van der Waals surface area contributed by atoms with E-state index >= 15 is 0 Å². The molecule has 3 rings (SSSR count). The standard InChI is InChI=1S/C22H20BrNO3/c1-26-19-11-7-17(8-12-19)22(16-5-3-2-4-6-16)24-21(25)15-27-20-13-9-18(23)10-14-20/h2-14,22H,15H2,1H3,(H,24,25)/t22-/m1/s1. The van der Waals surface area contributed by atoms with Gasteiger partial charge in [0.15, 0.2) is 6.61 Å². The lowest BCUT2D eigenvalue weighted by Gasteiger charge is -2.20. The van der Waals surface area contributed by atoms with E-state index in [1.165, 1.54) is 0 Å². The lowest BCUT2D eigenvalue weighted by molar-refractivity contribution is -0.123. The number of hydrogen-bond donors (Lipinski definition) is 1. The summed E-state index contributed by atoms with van der Waals surface area (Å²) >= 11 is 3.38. The molecule has 0 aliphatic heterocycles. The monoisotopic (exact) mass is 425 g/mol. The number of nitrogens with one attached hydrogen (secondary N) is 1. The van der Waals surface area contributed by atoms with E-state index in [4.69, 9.17) is 9.47 Å². The van der Waals surface area contributed by atoms with Gasteiger partial charge in [-0.3, -0.25) is 4.79 Å². The van der Waals surface area contributed by atoms with Gasteiger partial charge in [0, 0.05) is 4.47 Å². The summed E-state index contributed by atoms with van der Waals surface area (Å²) in [7, 11) is 1.63. The third-order valence-corrected chi connectivity index (χ3v) is 4.60. The first-order valence-corrected chi connectivity index (χ1v) is 9.31. The Kier molecular flexibility index (Phi) is 6.49. The lowest BCUT2D eigenvalue weighted by Crippen LogP contribution is -2.33. The Labute approximate surface area is 167 Å². The molecule has 0 fully saturated rings. The van der Waals surface area contributed by atoms with Crippen LogP contribution in [0.4, 0.5) is 0 Å². The molecule has 1 N–H and O–H groups in total. The second-order valence-electron chi connectivity index (χ2n) is 5.93. The van der Waals surface area contributed by atoms with Crippen molar-refractivity contribution >= 4 is 21.8 Å². The zero-order valence-corrected chi connectivity index (χ0v) is 16.5. The highest BCUT2D eigenvalue weighted by Gasteiger charge is 2.17. The molecule has 0 spiro atoms. The van der Waals surface area contributed by atoms with Crippen LogP contribution < -0.4 is 14.8 Å². The number of hydrogen-bond acceptors (Lipinski definition) is 3. The number of benzene rings is 3. The van der Waals surface area contributed by atoms with Gasteiger partial charge in [0.05, 0.1) is 13.2 Å². The van der Waals surface area contributed by atoms with Crippen molar-refractivity contribution in [1.29, 1.82) is 0 Å². The molecule has 0 aromatic heterocycles. The molecular weight excluding hydrogens is 406 g/mol. The van der Waals surface area contributed by atoms with E-state index in [1.807, 2.05) is 78.9 Å². The fourth-order valence-corrected chi connectivity index (χ4v) is 2.95. The summed E-state index contributed by atoms with van der Waals surface area (Å²) in [4.78, 5) is 12.5. The molecular formula is C22H20BrNO3. The maximum Gasteiger partial charge on any atom is 0.258 e. The number of carbonyl (C=O) groups is 1. The summed E-state index contributed by atoms with van der Waals surface area (Å²) in [6.45, 7) is -0.0544. The molecule has 0 bridgehead atoms. The maximum absolute atomic E-state index is 12.5. The lowest BCUT2D eigenvalue weighted by atomic mass is 9.98. The zero-order valence-electron chi connectivity index (χ0n) is 14.9. The average molecular weight is 426 g/mol. The topological polar surface area (TPSA) is 47.6 Å². The summed E-state index contributed by atoms with van der Waals surface area (Å²) in [5, 5.41) is 3.05. The Hall–Kier alpha value is -2.79. The summed E-state index contributed by atoms with van der Waals surface area (Å²) < 4.78 is 11.8. The minimum atomic E-state index is -0.266. The molecule has 0 aliphatic carbocycles. The number of carbonyl (C=O) groups excluding carboxylic acids is 1. The van der Waals surface area contributed by atoms with Gasteiger partial charge in [-0.1, -0.05) is 58.4 Å². The third kappa shape index (κ3) is 5.34. The van der Waals surface area contributed by atoms with Crippen molar-refractivity contribution in [2.45, 2.75) is 6.04 Å². The SMILES string of the molecule is COc1ccc([C@H](NC(=O)COc2ccc(Br)cc2)c2ccccc2)cc1. The van der Waals surface area contributed by atoms with Gasteiger partial charge in [0.25, 0.3) is 5.91 Å². The highest BCUT2D eigenvalue weighted by atomic mass is 79.9. The number of rotatable bonds is 7. The fraction of sp³-hybridized carbons (Fsp3) is 0.136. The molecule has 3 aromatic carbocycles. The first kappa shape index (κ1) is 19.0. The van der Waals surface area contributed by atoms with Crippen molar-refractivity contribution in [3.63, 3.8) is 0 Å². The highest BCUT2D eigenvalue weighted by Crippen LogP contribution is 2.24. The maximum atomic E-state index is 12.5. The highest BCUT2D eigenvalue weighted by molar-refractivity contribution is 9.10. The van der Waals surface area contributed by atoms with Crippen molar-refractivity contribution in [1.82, 2.24) is 5.32 Å². The summed E-state index contributed by atoms with van der Waals surface area (Å²) in [6, 6.07) is 24.6. The minimum absolute atomic E-state index is 0.0544. The first-order valence-electron chi connectivity index (χ1n) is 8.52. The van der Waals surface area contributed by atoms with E-state index in [-0.39, 0.29) is 18.6 Å². The molecule has 0 saturated heterocycles. The van der Waals surface area contributed by atoms with Gasteiger partial charge >= 0.3 is 0 Å². The molecule has 1 atom stereocenters. The second-order valence-corrected chi connectivity index (χ2v) is 6.84. The third-order valence-electron chi connectivity index (χ3n) is 4.07. The van der Waals surface area contributed by atoms with Crippen LogP contribution in [-0.2, 0) is 4.79 Å². The molecule has 1 amide bonds. The van der Waals surface area contributed by atoms with Gasteiger partial charge in [0.1, 0.15) is 11.5 Å². The summed E-state index contributed by atoms with van der Waals surface area (Å²) in [5.41, 5.74) is 1.97. The van der Waals surface area contributed by atoms with Crippen LogP contribution >= 0.6 is 15.9 Å². The zero-order chi connectivity index (χ0) is 19.1. The van der Waals surface area contributed by atoms with Gasteiger partial charge in [-0.2, -0.15) is 0 Å². The van der Waals surface area contributed by atoms with E-state index in [0.717, 1.165) is 21.3 Å². The van der Waals surface area contributed by atoms with Crippen LogP contribution in [0.25, 0.3) is 0 Å². The summed E-state index contributed by atoms with van der Waals surface area (Å²) in [5.74, 6) is 1.23. The average Bonchev–Trinajstić information content (AvgIpc) is 2.72. The van der Waals surface area contributed by atoms with Crippen LogP contribution in [0.2, 0.25) is 0 Å². The van der Waals surface area contributed by atoms with E-state index in [1.54, 1.807) is 7.11 Å². The molecule has 138 valence electrons. The first-order chi connectivity index (χ1) is 13.2. The normalized spacial score (nSPS) is 11.5. The van der Waals surface area contributed by atoms with Crippen molar-refractivity contribution in [2.75, 3.05) is 13.7 Å². The van der Waals surface area contributed by atoms with Crippen LogP contribution in [0, 0.1) is 0 Å². The van der Waals surface area contributed by atoms with Gasteiger partial charge in [0.2, 0.25) is 0 Å². The van der Waals surface area contributed by atoms with Crippen LogP contribution in [0.1, 0.15) is 17.2 Å². The predicted molar refractivity (Wildman–Crippen MR) is 109 cm³/mol. The van der Waals surface area contributed by atoms with Gasteiger partial charge in [-0.15, -0.1) is 0 Å². The number of amides is 1. The Morgan fingerprint density at radius 1 is 0.889 bits per heavy atom. The van der Waals surface area contributed by atoms with Crippen LogP contribution in [0.15, 0.2) is 83.3 Å². The smallest absolute Gasteiger partial charge is 0.258 e. The molecule has 5 heteroatoms. The van der Waals surface area contributed by atoms with Crippen molar-refractivity contribution in [3.8, 4) is 11.5 Å². The molecule has 0 aliphatic rings. The molecule has 4 nitrogen and oxygen atoms in total. The molecule has 3 aromatic rings. The van der Waals surface area contributed by atoms with Gasteiger partial charge in [-0.05, 0) is 47.5 Å². The Morgan fingerprint density at radius 3 is 2.11 bits per heavy atom. The van der Waals surface area contributed by atoms with Crippen LogP contribution in [0.5, 0.6) is 11.5 Å². The number of halogens is 1. The Balaban J connectivity index is 1.72. The van der Waals surface area contributed by atoms with Crippen molar-refractivity contribution < 1.29 is 14.3 Å². The minimum Gasteiger partial charge on any atom is -0.497 e. The van der Waals surface area contributed by atoms with Gasteiger partial charge in [-0.25, -0.2) is 0 Å². The van der Waals surface area contributed by atoms with Crippen LogP contribution in [-0.4, -0.2) is 19.6 Å². The molecule has 0 radical (unpaired) electrons.